The molecule has 35 heavy (non-hydrogen) atoms. The summed E-state index contributed by atoms with van der Waals surface area (Å²) >= 11 is 0. The van der Waals surface area contributed by atoms with E-state index in [2.05, 4.69) is 15.1 Å². The monoisotopic (exact) mass is 481 g/mol. The summed E-state index contributed by atoms with van der Waals surface area (Å²) in [6.07, 6.45) is 3.78. The molecule has 0 saturated carbocycles. The number of piperazine rings is 1. The van der Waals surface area contributed by atoms with Crippen molar-refractivity contribution in [3.05, 3.63) is 29.8 Å². The summed E-state index contributed by atoms with van der Waals surface area (Å²) in [7, 11) is 0. The number of likely N-dealkylation sites (tertiary alicyclic amines) is 1. The molecule has 2 aliphatic heterocycles. The number of hydrogen-bond donors (Lipinski definition) is 2. The van der Waals surface area contributed by atoms with Crippen LogP contribution in [-0.2, 0) is 9.59 Å². The minimum Gasteiger partial charge on any atom is -0.478 e. The number of fused-ring (bicyclic) bond motifs is 1. The smallest absolute Gasteiger partial charge is 0.336 e. The Balaban J connectivity index is 1.44. The summed E-state index contributed by atoms with van der Waals surface area (Å²) in [6, 6.07) is 6.80. The van der Waals surface area contributed by atoms with Crippen LogP contribution in [0.3, 0.4) is 0 Å². The zero-order chi connectivity index (χ0) is 24.9. The predicted octanol–water partition coefficient (Wildman–Crippen LogP) is 3.05. The van der Waals surface area contributed by atoms with Crippen LogP contribution in [0.1, 0.15) is 49.9 Å². The molecule has 9 heteroatoms. The topological polar surface area (TPSA) is 106 Å². The third kappa shape index (κ3) is 6.28. The van der Waals surface area contributed by atoms with Crippen LogP contribution in [0.2, 0.25) is 0 Å². The molecule has 2 aromatic rings. The molecular weight excluding hydrogens is 446 g/mol. The Morgan fingerprint density at radius 2 is 1.71 bits per heavy atom. The number of nitrogens with one attached hydrogen (secondary N) is 1. The van der Waals surface area contributed by atoms with Gasteiger partial charge in [-0.3, -0.25) is 14.5 Å². The van der Waals surface area contributed by atoms with E-state index in [1.54, 1.807) is 24.3 Å². The average molecular weight is 482 g/mol. The molecule has 2 aliphatic rings. The molecule has 3 heterocycles. The van der Waals surface area contributed by atoms with Crippen molar-refractivity contribution >= 4 is 40.2 Å². The van der Waals surface area contributed by atoms with Gasteiger partial charge in [0.2, 0.25) is 11.8 Å². The summed E-state index contributed by atoms with van der Waals surface area (Å²) in [5.74, 6) is -0.0786. The van der Waals surface area contributed by atoms with Crippen LogP contribution in [0.4, 0.5) is 11.5 Å². The molecule has 0 aliphatic carbocycles. The molecule has 9 nitrogen and oxygen atoms in total. The van der Waals surface area contributed by atoms with Crippen molar-refractivity contribution in [2.45, 2.75) is 39.5 Å². The Bertz CT molecular complexity index is 1090. The first-order valence-corrected chi connectivity index (χ1v) is 12.5. The van der Waals surface area contributed by atoms with Gasteiger partial charge in [-0.15, -0.1) is 0 Å². The van der Waals surface area contributed by atoms with Gasteiger partial charge >= 0.3 is 5.97 Å². The molecule has 2 amide bonds. The number of rotatable bonds is 7. The predicted molar refractivity (Wildman–Crippen MR) is 136 cm³/mol. The van der Waals surface area contributed by atoms with Crippen molar-refractivity contribution in [2.24, 2.45) is 5.92 Å². The first-order chi connectivity index (χ1) is 16.8. The minimum atomic E-state index is -1.03. The SMILES string of the molecule is CC(C)CC(=O)Nc1ccc2nc(N3CCN(CC(=O)N4CCCCC4)CC3)cc(C(=O)O)c2c1. The number of benzene rings is 1. The van der Waals surface area contributed by atoms with Crippen LogP contribution >= 0.6 is 0 Å². The lowest BCUT2D eigenvalue weighted by Gasteiger charge is -2.36. The maximum Gasteiger partial charge on any atom is 0.336 e. The van der Waals surface area contributed by atoms with Crippen molar-refractivity contribution in [1.29, 1.82) is 0 Å². The van der Waals surface area contributed by atoms with E-state index in [0.29, 0.717) is 48.5 Å². The van der Waals surface area contributed by atoms with Crippen LogP contribution in [0.15, 0.2) is 24.3 Å². The number of amides is 2. The Morgan fingerprint density at radius 3 is 2.37 bits per heavy atom. The van der Waals surface area contributed by atoms with E-state index in [4.69, 9.17) is 4.98 Å². The summed E-state index contributed by atoms with van der Waals surface area (Å²) in [4.78, 5) is 47.7. The lowest BCUT2D eigenvalue weighted by molar-refractivity contribution is -0.133. The van der Waals surface area contributed by atoms with E-state index in [1.165, 1.54) is 6.42 Å². The highest BCUT2D eigenvalue weighted by atomic mass is 16.4. The molecule has 2 saturated heterocycles. The van der Waals surface area contributed by atoms with Gasteiger partial charge in [0.1, 0.15) is 5.82 Å². The summed E-state index contributed by atoms with van der Waals surface area (Å²) in [6.45, 7) is 8.90. The number of carboxylic acids is 1. The van der Waals surface area contributed by atoms with Gasteiger partial charge in [0.15, 0.2) is 0 Å². The highest BCUT2D eigenvalue weighted by Gasteiger charge is 2.24. The third-order valence-electron chi connectivity index (χ3n) is 6.67. The van der Waals surface area contributed by atoms with Crippen LogP contribution in [0, 0.1) is 5.92 Å². The van der Waals surface area contributed by atoms with Gasteiger partial charge in [0, 0.05) is 56.8 Å². The second kappa shape index (κ2) is 11.0. The maximum absolute atomic E-state index is 12.6. The Labute approximate surface area is 206 Å². The average Bonchev–Trinajstić information content (AvgIpc) is 2.83. The highest BCUT2D eigenvalue weighted by molar-refractivity contribution is 6.05. The van der Waals surface area contributed by atoms with Gasteiger partial charge in [-0.1, -0.05) is 13.8 Å². The molecule has 1 aromatic heterocycles. The molecule has 188 valence electrons. The zero-order valence-corrected chi connectivity index (χ0v) is 20.6. The molecule has 4 rings (SSSR count). The molecule has 0 radical (unpaired) electrons. The van der Waals surface area contributed by atoms with E-state index < -0.39 is 5.97 Å². The number of carboxylic acid groups (broad SMARTS) is 1. The first kappa shape index (κ1) is 24.9. The van der Waals surface area contributed by atoms with Gasteiger partial charge in [0.25, 0.3) is 0 Å². The van der Waals surface area contributed by atoms with Crippen molar-refractivity contribution in [1.82, 2.24) is 14.8 Å². The fourth-order valence-electron chi connectivity index (χ4n) is 4.78. The highest BCUT2D eigenvalue weighted by Crippen LogP contribution is 2.27. The van der Waals surface area contributed by atoms with Crippen molar-refractivity contribution in [3.8, 4) is 0 Å². The van der Waals surface area contributed by atoms with E-state index in [9.17, 15) is 19.5 Å². The molecule has 0 bridgehead atoms. The van der Waals surface area contributed by atoms with Crippen molar-refractivity contribution in [3.63, 3.8) is 0 Å². The number of anilines is 2. The van der Waals surface area contributed by atoms with Gasteiger partial charge in [-0.2, -0.15) is 0 Å². The lowest BCUT2D eigenvalue weighted by atomic mass is 10.1. The van der Waals surface area contributed by atoms with Crippen molar-refractivity contribution in [2.75, 3.05) is 56.0 Å². The number of pyridine rings is 1. The van der Waals surface area contributed by atoms with Gasteiger partial charge in [0.05, 0.1) is 17.6 Å². The molecule has 1 aromatic carbocycles. The summed E-state index contributed by atoms with van der Waals surface area (Å²) in [5.41, 5.74) is 1.30. The summed E-state index contributed by atoms with van der Waals surface area (Å²) < 4.78 is 0. The Kier molecular flexibility index (Phi) is 7.85. The van der Waals surface area contributed by atoms with E-state index in [-0.39, 0.29) is 23.3 Å². The largest absolute Gasteiger partial charge is 0.478 e. The first-order valence-electron chi connectivity index (χ1n) is 12.5. The Hall–Kier alpha value is -3.20. The molecule has 0 atom stereocenters. The van der Waals surface area contributed by atoms with Gasteiger partial charge in [-0.05, 0) is 49.4 Å². The Morgan fingerprint density at radius 1 is 1.00 bits per heavy atom. The quantitative estimate of drug-likeness (QED) is 0.626. The fraction of sp³-hybridized carbons (Fsp3) is 0.538. The fourth-order valence-corrected chi connectivity index (χ4v) is 4.78. The molecular formula is C26H35N5O4. The van der Waals surface area contributed by atoms with Crippen LogP contribution < -0.4 is 10.2 Å². The normalized spacial score (nSPS) is 17.1. The molecule has 0 unspecified atom stereocenters. The number of carbonyl (C=O) groups is 3. The molecule has 2 N–H and O–H groups in total. The van der Waals surface area contributed by atoms with Crippen LogP contribution in [0.5, 0.6) is 0 Å². The second-order valence-electron chi connectivity index (χ2n) is 9.92. The van der Waals surface area contributed by atoms with E-state index >= 15 is 0 Å². The summed E-state index contributed by atoms with van der Waals surface area (Å²) in [5, 5.41) is 13.2. The minimum absolute atomic E-state index is 0.0996. The van der Waals surface area contributed by atoms with E-state index in [1.807, 2.05) is 18.7 Å². The number of aromatic carboxylic acids is 1. The lowest BCUT2D eigenvalue weighted by Crippen LogP contribution is -2.51. The van der Waals surface area contributed by atoms with E-state index in [0.717, 1.165) is 39.0 Å². The van der Waals surface area contributed by atoms with Gasteiger partial charge < -0.3 is 20.2 Å². The number of hydrogen-bond acceptors (Lipinski definition) is 6. The standard InChI is InChI=1S/C26H35N5O4/c1-18(2)14-24(32)27-19-6-7-22-20(15-19)21(26(34)35)16-23(28-22)30-12-10-29(11-13-30)17-25(33)31-8-4-3-5-9-31/h6-7,15-16,18H,3-5,8-14,17H2,1-2H3,(H,27,32)(H,34,35). The van der Waals surface area contributed by atoms with Crippen molar-refractivity contribution < 1.29 is 19.5 Å². The third-order valence-corrected chi connectivity index (χ3v) is 6.67. The van der Waals surface area contributed by atoms with Crippen LogP contribution in [0.25, 0.3) is 10.9 Å². The number of carbonyl (C=O) groups excluding carboxylic acids is 2. The molecule has 0 spiro atoms. The number of aromatic nitrogens is 1. The second-order valence-corrected chi connectivity index (χ2v) is 9.92. The van der Waals surface area contributed by atoms with Crippen LogP contribution in [-0.4, -0.2) is 83.5 Å². The molecule has 2 fully saturated rings. The van der Waals surface area contributed by atoms with Gasteiger partial charge in [-0.25, -0.2) is 9.78 Å². The maximum atomic E-state index is 12.6. The number of nitrogens with zero attached hydrogens (tertiary/aromatic N) is 4. The number of piperidine rings is 1. The zero-order valence-electron chi connectivity index (χ0n) is 20.6.